The number of phenols is 2. The molecule has 0 aliphatic heterocycles. The van der Waals surface area contributed by atoms with Crippen molar-refractivity contribution in [3.63, 3.8) is 0 Å². The number of benzene rings is 3. The first-order valence-electron chi connectivity index (χ1n) is 11.7. The summed E-state index contributed by atoms with van der Waals surface area (Å²) in [5.41, 5.74) is -0.389. The number of alkyl halides is 3. The van der Waals surface area contributed by atoms with E-state index in [1.54, 1.807) is 24.3 Å². The van der Waals surface area contributed by atoms with Gasteiger partial charge in [-0.15, -0.1) is 5.11 Å². The summed E-state index contributed by atoms with van der Waals surface area (Å²) in [6.45, 7) is 5.29. The molecule has 9 nitrogen and oxygen atoms in total. The van der Waals surface area contributed by atoms with Crippen LogP contribution in [0.2, 0.25) is 0 Å². The fraction of sp³-hybridized carbons (Fsp3) is 0.308. The molecule has 0 unspecified atom stereocenters. The lowest BCUT2D eigenvalue weighted by atomic mass is 9.96. The van der Waals surface area contributed by atoms with Gasteiger partial charge in [-0.05, 0) is 19.8 Å². The second-order valence-corrected chi connectivity index (χ2v) is 8.39. The molecule has 3 aromatic carbocycles. The van der Waals surface area contributed by atoms with Crippen LogP contribution >= 0.6 is 0 Å². The molecule has 0 spiro atoms. The van der Waals surface area contributed by atoms with E-state index in [9.17, 15) is 33.0 Å². The number of aryl methyl sites for hydroxylation is 1. The third-order valence-corrected chi connectivity index (χ3v) is 5.72. The molecular formula is C26H23F3N2O7. The summed E-state index contributed by atoms with van der Waals surface area (Å²) < 4.78 is 55.5. The number of nitrogens with zero attached hydrogens (tertiary/aromatic N) is 2. The van der Waals surface area contributed by atoms with Crippen LogP contribution in [-0.4, -0.2) is 41.4 Å². The molecule has 0 aliphatic carbocycles. The molecule has 1 heterocycles. The molecule has 200 valence electrons. The minimum absolute atomic E-state index is 0.00593. The zero-order valence-electron chi connectivity index (χ0n) is 20.6. The van der Waals surface area contributed by atoms with Gasteiger partial charge in [0, 0.05) is 10.8 Å². The van der Waals surface area contributed by atoms with Gasteiger partial charge in [0.15, 0.2) is 11.3 Å². The Labute approximate surface area is 213 Å². The van der Waals surface area contributed by atoms with Crippen LogP contribution in [0.5, 0.6) is 23.0 Å². The van der Waals surface area contributed by atoms with E-state index >= 15 is 0 Å². The van der Waals surface area contributed by atoms with E-state index in [0.717, 1.165) is 0 Å². The Kier molecular flexibility index (Phi) is 7.16. The number of carbonyl (C=O) groups excluding carboxylic acids is 2. The summed E-state index contributed by atoms with van der Waals surface area (Å²) in [5.74, 6) is -4.53. The lowest BCUT2D eigenvalue weighted by molar-refractivity contribution is -0.170. The number of carbonyl (C=O) groups is 2. The lowest BCUT2D eigenvalue weighted by Gasteiger charge is -2.18. The Balaban J connectivity index is 2.16. The molecule has 38 heavy (non-hydrogen) atoms. The molecule has 1 aromatic heterocycles. The molecule has 0 saturated carbocycles. The van der Waals surface area contributed by atoms with Crippen molar-refractivity contribution in [2.75, 3.05) is 13.2 Å². The summed E-state index contributed by atoms with van der Waals surface area (Å²) in [7, 11) is 0. The number of amides is 2. The summed E-state index contributed by atoms with van der Waals surface area (Å²) in [5, 5.41) is 28.7. The predicted molar refractivity (Wildman–Crippen MR) is 131 cm³/mol. The van der Waals surface area contributed by atoms with E-state index in [4.69, 9.17) is 13.9 Å². The molecule has 0 fully saturated rings. The fourth-order valence-corrected chi connectivity index (χ4v) is 4.15. The van der Waals surface area contributed by atoms with E-state index in [1.165, 1.54) is 6.92 Å². The molecule has 0 atom stereocenters. The number of phenolic OH excluding ortho intramolecular Hbond substituents is 2. The van der Waals surface area contributed by atoms with E-state index in [-0.39, 0.29) is 74.7 Å². The second kappa shape index (κ2) is 10.2. The van der Waals surface area contributed by atoms with E-state index in [2.05, 4.69) is 10.2 Å². The number of hydrogen-bond acceptors (Lipinski definition) is 7. The molecule has 0 aliphatic rings. The highest BCUT2D eigenvalue weighted by Crippen LogP contribution is 2.54. The highest BCUT2D eigenvalue weighted by atomic mass is 19.4. The van der Waals surface area contributed by atoms with Gasteiger partial charge in [0.2, 0.25) is 0 Å². The smallest absolute Gasteiger partial charge is 0.475 e. The van der Waals surface area contributed by atoms with Gasteiger partial charge in [-0.25, -0.2) is 0 Å². The molecule has 4 aromatic rings. The minimum atomic E-state index is -5.31. The largest absolute Gasteiger partial charge is 0.507 e. The van der Waals surface area contributed by atoms with Gasteiger partial charge >= 0.3 is 12.1 Å². The summed E-state index contributed by atoms with van der Waals surface area (Å²) in [6, 6.07) is 6.51. The zero-order valence-corrected chi connectivity index (χ0v) is 20.6. The van der Waals surface area contributed by atoms with Crippen molar-refractivity contribution in [2.24, 2.45) is 10.2 Å². The van der Waals surface area contributed by atoms with Crippen molar-refractivity contribution in [1.82, 2.24) is 0 Å². The third-order valence-electron chi connectivity index (χ3n) is 5.72. The topological polar surface area (TPSA) is 131 Å². The normalized spacial score (nSPS) is 12.2. The van der Waals surface area contributed by atoms with Crippen LogP contribution in [0.4, 0.5) is 13.2 Å². The Morgan fingerprint density at radius 2 is 1.42 bits per heavy atom. The number of azo groups is 1. The summed E-state index contributed by atoms with van der Waals surface area (Å²) in [6.07, 6.45) is -4.25. The standard InChI is InChI=1S/C26H23F3N2O7/c1-4-10-36-21-16-17(20(33)14-9-7-6-8-13(14)19(16)32)22(37-11-5-2)23-18(21)15(12(3)38-23)24(34)30-31-25(35)26(27,28)29/h6-9,32-33H,4-5,10-11H2,1-3H3. The van der Waals surface area contributed by atoms with Crippen molar-refractivity contribution in [3.8, 4) is 23.0 Å². The zero-order chi connectivity index (χ0) is 27.8. The molecular weight excluding hydrogens is 509 g/mol. The van der Waals surface area contributed by atoms with Gasteiger partial charge in [-0.3, -0.25) is 9.59 Å². The number of halogens is 3. The van der Waals surface area contributed by atoms with Crippen LogP contribution in [0, 0.1) is 6.92 Å². The van der Waals surface area contributed by atoms with E-state index in [0.29, 0.717) is 18.2 Å². The van der Waals surface area contributed by atoms with Crippen LogP contribution in [0.25, 0.3) is 32.5 Å². The first-order valence-corrected chi connectivity index (χ1v) is 11.7. The maximum absolute atomic E-state index is 13.0. The van der Waals surface area contributed by atoms with Crippen LogP contribution in [0.15, 0.2) is 38.9 Å². The molecule has 12 heteroatoms. The summed E-state index contributed by atoms with van der Waals surface area (Å²) in [4.78, 5) is 24.2. The number of ether oxygens (including phenoxy) is 2. The van der Waals surface area contributed by atoms with Crippen LogP contribution in [-0.2, 0) is 4.79 Å². The van der Waals surface area contributed by atoms with Crippen molar-refractivity contribution in [2.45, 2.75) is 39.8 Å². The van der Waals surface area contributed by atoms with Crippen LogP contribution in [0.3, 0.4) is 0 Å². The molecule has 4 rings (SSSR count). The monoisotopic (exact) mass is 532 g/mol. The average Bonchev–Trinajstić information content (AvgIpc) is 3.23. The first kappa shape index (κ1) is 26.7. The van der Waals surface area contributed by atoms with Gasteiger partial charge in [-0.2, -0.15) is 13.2 Å². The summed E-state index contributed by atoms with van der Waals surface area (Å²) >= 11 is 0. The molecule has 0 saturated heterocycles. The molecule has 0 bridgehead atoms. The highest BCUT2D eigenvalue weighted by molar-refractivity contribution is 6.24. The first-order chi connectivity index (χ1) is 18.0. The Hall–Kier alpha value is -4.35. The number of fused-ring (bicyclic) bond motifs is 3. The van der Waals surface area contributed by atoms with E-state index in [1.807, 2.05) is 13.8 Å². The Morgan fingerprint density at radius 1 is 0.895 bits per heavy atom. The Morgan fingerprint density at radius 3 is 1.95 bits per heavy atom. The molecule has 2 amide bonds. The number of furan rings is 1. The van der Waals surface area contributed by atoms with Crippen LogP contribution < -0.4 is 9.47 Å². The van der Waals surface area contributed by atoms with Crippen molar-refractivity contribution in [3.05, 3.63) is 35.6 Å². The maximum atomic E-state index is 13.0. The fourth-order valence-electron chi connectivity index (χ4n) is 4.15. The van der Waals surface area contributed by atoms with Gasteiger partial charge < -0.3 is 24.1 Å². The highest BCUT2D eigenvalue weighted by Gasteiger charge is 2.39. The number of hydrogen-bond donors (Lipinski definition) is 2. The third kappa shape index (κ3) is 4.46. The molecule has 0 radical (unpaired) electrons. The quantitative estimate of drug-likeness (QED) is 0.153. The van der Waals surface area contributed by atoms with Gasteiger partial charge in [-0.1, -0.05) is 43.2 Å². The molecule has 2 N–H and O–H groups in total. The minimum Gasteiger partial charge on any atom is -0.507 e. The lowest BCUT2D eigenvalue weighted by Crippen LogP contribution is -2.20. The number of aromatic hydroxyl groups is 2. The van der Waals surface area contributed by atoms with Gasteiger partial charge in [0.25, 0.3) is 5.91 Å². The second-order valence-electron chi connectivity index (χ2n) is 8.39. The maximum Gasteiger partial charge on any atom is 0.475 e. The van der Waals surface area contributed by atoms with Crippen molar-refractivity contribution >= 4 is 44.3 Å². The SMILES string of the molecule is CCCOc1c2oc(C)c(C(=O)N=NC(=O)C(F)(F)F)c2c(OCCC)c2c(O)c3ccccc3c(O)c12. The van der Waals surface area contributed by atoms with E-state index < -0.39 is 18.0 Å². The predicted octanol–water partition coefficient (Wildman–Crippen LogP) is 6.72. The van der Waals surface area contributed by atoms with Crippen LogP contribution in [0.1, 0.15) is 42.8 Å². The van der Waals surface area contributed by atoms with Gasteiger partial charge in [0.05, 0.1) is 34.9 Å². The van der Waals surface area contributed by atoms with Gasteiger partial charge in [0.1, 0.15) is 23.0 Å². The average molecular weight is 532 g/mol. The number of rotatable bonds is 7. The van der Waals surface area contributed by atoms with Crippen molar-refractivity contribution < 1.29 is 46.9 Å². The Bertz CT molecular complexity index is 1610. The van der Waals surface area contributed by atoms with Crippen molar-refractivity contribution in [1.29, 1.82) is 0 Å².